The number of carbonyl (C=O) groups excluding carboxylic acids is 1. The van der Waals surface area contributed by atoms with Crippen LogP contribution in [0.3, 0.4) is 0 Å². The lowest BCUT2D eigenvalue weighted by Gasteiger charge is -2.29. The summed E-state index contributed by atoms with van der Waals surface area (Å²) in [5, 5.41) is 3.06. The van der Waals surface area contributed by atoms with Crippen molar-refractivity contribution < 1.29 is 9.53 Å². The Balaban J connectivity index is 1.66. The van der Waals surface area contributed by atoms with E-state index in [1.807, 2.05) is 20.8 Å². The molecule has 1 heterocycles. The molecule has 0 spiro atoms. The summed E-state index contributed by atoms with van der Waals surface area (Å²) < 4.78 is 6.12. The molecule has 1 saturated heterocycles. The number of amides is 1. The van der Waals surface area contributed by atoms with Crippen molar-refractivity contribution in [3.63, 3.8) is 0 Å². The van der Waals surface area contributed by atoms with Gasteiger partial charge < -0.3 is 10.1 Å². The number of alkyl carbamates (subject to hydrolysis) is 1. The predicted molar refractivity (Wildman–Crippen MR) is 109 cm³/mol. The molecule has 5 heteroatoms. The van der Waals surface area contributed by atoms with E-state index in [0.717, 1.165) is 25.7 Å². The Kier molecular flexibility index (Phi) is 6.26. The number of hydrogen-bond donors (Lipinski definition) is 1. The highest BCUT2D eigenvalue weighted by Crippen LogP contribution is 2.35. The molecule has 1 fully saturated rings. The average Bonchev–Trinajstić information content (AvgIpc) is 2.54. The van der Waals surface area contributed by atoms with Gasteiger partial charge in [-0.15, -0.1) is 23.5 Å². The van der Waals surface area contributed by atoms with E-state index in [2.05, 4.69) is 47.0 Å². The number of aryl methyl sites for hydroxylation is 1. The average molecular weight is 380 g/mol. The molecule has 3 rings (SSSR count). The molecule has 1 aromatic rings. The second kappa shape index (κ2) is 8.26. The maximum Gasteiger partial charge on any atom is 0.408 e. The van der Waals surface area contributed by atoms with E-state index in [1.165, 1.54) is 34.6 Å². The van der Waals surface area contributed by atoms with Crippen LogP contribution in [0.25, 0.3) is 0 Å². The second-order valence-corrected chi connectivity index (χ2v) is 10.8. The van der Waals surface area contributed by atoms with Crippen molar-refractivity contribution in [3.05, 3.63) is 34.9 Å². The highest BCUT2D eigenvalue weighted by atomic mass is 32.2. The Hall–Kier alpha value is -0.810. The van der Waals surface area contributed by atoms with Crippen LogP contribution in [-0.4, -0.2) is 27.8 Å². The van der Waals surface area contributed by atoms with Gasteiger partial charge in [0.15, 0.2) is 0 Å². The van der Waals surface area contributed by atoms with Crippen molar-refractivity contribution in [1.29, 1.82) is 0 Å². The maximum atomic E-state index is 12.1. The Morgan fingerprint density at radius 2 is 2.00 bits per heavy atom. The fourth-order valence-corrected chi connectivity index (χ4v) is 6.35. The summed E-state index contributed by atoms with van der Waals surface area (Å²) in [6, 6.07) is 6.92. The molecule has 1 aromatic carbocycles. The van der Waals surface area contributed by atoms with Crippen LogP contribution in [0.15, 0.2) is 18.2 Å². The molecule has 2 aliphatic rings. The van der Waals surface area contributed by atoms with Crippen molar-refractivity contribution >= 4 is 29.6 Å². The second-order valence-electron chi connectivity index (χ2n) is 7.85. The smallest absolute Gasteiger partial charge is 0.408 e. The van der Waals surface area contributed by atoms with Crippen molar-refractivity contribution in [2.75, 3.05) is 11.5 Å². The maximum absolute atomic E-state index is 12.1. The van der Waals surface area contributed by atoms with Gasteiger partial charge in [-0.2, -0.15) is 0 Å². The molecular formula is C20H29NO2S2. The molecule has 1 aliphatic carbocycles. The number of rotatable bonds is 3. The lowest BCUT2D eigenvalue weighted by Crippen LogP contribution is -2.36. The molecular weight excluding hydrogens is 350 g/mol. The Labute approximate surface area is 160 Å². The zero-order valence-corrected chi connectivity index (χ0v) is 17.1. The highest BCUT2D eigenvalue weighted by molar-refractivity contribution is 8.17. The molecule has 1 atom stereocenters. The Morgan fingerprint density at radius 1 is 1.24 bits per heavy atom. The predicted octanol–water partition coefficient (Wildman–Crippen LogP) is 5.33. The van der Waals surface area contributed by atoms with Gasteiger partial charge in [0.1, 0.15) is 5.60 Å². The van der Waals surface area contributed by atoms with E-state index in [1.54, 1.807) is 0 Å². The van der Waals surface area contributed by atoms with Crippen LogP contribution in [0.1, 0.15) is 62.8 Å². The van der Waals surface area contributed by atoms with Crippen LogP contribution in [0.2, 0.25) is 0 Å². The molecule has 0 saturated carbocycles. The Bertz CT molecular complexity index is 606. The first kappa shape index (κ1) is 19.0. The van der Waals surface area contributed by atoms with Gasteiger partial charge in [0.25, 0.3) is 0 Å². The monoisotopic (exact) mass is 379 g/mol. The van der Waals surface area contributed by atoms with Gasteiger partial charge in [0.2, 0.25) is 0 Å². The standard InChI is InChI=1S/C20H29NO2S2/c1-20(2,3)23-19(22)21-17-7-4-6-15-12-14(8-9-16(15)17)13-18-24-10-5-11-25-18/h8-9,12,17-18H,4-7,10-11,13H2,1-3H3,(H,21,22)/t17-/m1/s1. The van der Waals surface area contributed by atoms with Crippen molar-refractivity contribution in [2.45, 2.75) is 69.1 Å². The van der Waals surface area contributed by atoms with E-state index in [9.17, 15) is 4.79 Å². The molecule has 25 heavy (non-hydrogen) atoms. The molecule has 1 aliphatic heterocycles. The minimum absolute atomic E-state index is 0.0751. The third-order valence-electron chi connectivity index (χ3n) is 4.51. The van der Waals surface area contributed by atoms with Crippen molar-refractivity contribution in [1.82, 2.24) is 5.32 Å². The summed E-state index contributed by atoms with van der Waals surface area (Å²) in [7, 11) is 0. The first-order valence-electron chi connectivity index (χ1n) is 9.25. The van der Waals surface area contributed by atoms with Gasteiger partial charge in [0, 0.05) is 0 Å². The summed E-state index contributed by atoms with van der Waals surface area (Å²) in [4.78, 5) is 12.1. The summed E-state index contributed by atoms with van der Waals surface area (Å²) >= 11 is 4.20. The molecule has 1 N–H and O–H groups in total. The number of thioether (sulfide) groups is 2. The normalized spacial score (nSPS) is 21.5. The third-order valence-corrected chi connectivity index (χ3v) is 7.45. The lowest BCUT2D eigenvalue weighted by atomic mass is 9.86. The number of ether oxygens (including phenoxy) is 1. The minimum Gasteiger partial charge on any atom is -0.444 e. The fourth-order valence-electron chi connectivity index (χ4n) is 3.44. The summed E-state index contributed by atoms with van der Waals surface area (Å²) in [5.41, 5.74) is 3.64. The number of fused-ring (bicyclic) bond motifs is 1. The van der Waals surface area contributed by atoms with Crippen LogP contribution in [-0.2, 0) is 17.6 Å². The number of benzene rings is 1. The molecule has 138 valence electrons. The van der Waals surface area contributed by atoms with E-state index >= 15 is 0 Å². The molecule has 1 amide bonds. The van der Waals surface area contributed by atoms with Crippen LogP contribution in [0, 0.1) is 0 Å². The van der Waals surface area contributed by atoms with Crippen molar-refractivity contribution in [2.24, 2.45) is 0 Å². The third kappa shape index (κ3) is 5.58. The molecule has 0 unspecified atom stereocenters. The molecule has 0 aromatic heterocycles. The molecule has 0 bridgehead atoms. The van der Waals surface area contributed by atoms with Crippen molar-refractivity contribution in [3.8, 4) is 0 Å². The van der Waals surface area contributed by atoms with Gasteiger partial charge in [-0.3, -0.25) is 0 Å². The van der Waals surface area contributed by atoms with Crippen LogP contribution in [0.4, 0.5) is 4.79 Å². The van der Waals surface area contributed by atoms with Gasteiger partial charge in [0.05, 0.1) is 10.6 Å². The first-order valence-corrected chi connectivity index (χ1v) is 11.3. The van der Waals surface area contributed by atoms with E-state index in [4.69, 9.17) is 4.74 Å². The van der Waals surface area contributed by atoms with Crippen LogP contribution in [0.5, 0.6) is 0 Å². The van der Waals surface area contributed by atoms with Gasteiger partial charge in [-0.25, -0.2) is 4.79 Å². The van der Waals surface area contributed by atoms with Gasteiger partial charge in [-0.05, 0) is 81.1 Å². The fraction of sp³-hybridized carbons (Fsp3) is 0.650. The summed E-state index contributed by atoms with van der Waals surface area (Å²) in [6.07, 6.45) is 5.38. The molecule has 3 nitrogen and oxygen atoms in total. The first-order chi connectivity index (χ1) is 11.9. The number of carbonyl (C=O) groups is 1. The van der Waals surface area contributed by atoms with Crippen LogP contribution >= 0.6 is 23.5 Å². The van der Waals surface area contributed by atoms with Crippen LogP contribution < -0.4 is 5.32 Å². The SMILES string of the molecule is CC(C)(C)OC(=O)N[C@@H]1CCCc2cc(CC3SCCCS3)ccc21. The van der Waals surface area contributed by atoms with E-state index in [0.29, 0.717) is 4.58 Å². The van der Waals surface area contributed by atoms with E-state index < -0.39 is 5.60 Å². The topological polar surface area (TPSA) is 38.3 Å². The van der Waals surface area contributed by atoms with Gasteiger partial charge >= 0.3 is 6.09 Å². The highest BCUT2D eigenvalue weighted by Gasteiger charge is 2.25. The van der Waals surface area contributed by atoms with Gasteiger partial charge in [-0.1, -0.05) is 18.2 Å². The summed E-state index contributed by atoms with van der Waals surface area (Å²) in [6.45, 7) is 5.69. The number of hydrogen-bond acceptors (Lipinski definition) is 4. The quantitative estimate of drug-likeness (QED) is 0.770. The summed E-state index contributed by atoms with van der Waals surface area (Å²) in [5.74, 6) is 2.59. The zero-order valence-electron chi connectivity index (χ0n) is 15.5. The molecule has 0 radical (unpaired) electrons. The minimum atomic E-state index is -0.458. The lowest BCUT2D eigenvalue weighted by molar-refractivity contribution is 0.0498. The zero-order chi connectivity index (χ0) is 17.9. The Morgan fingerprint density at radius 3 is 2.72 bits per heavy atom. The van der Waals surface area contributed by atoms with E-state index in [-0.39, 0.29) is 12.1 Å². The number of nitrogens with one attached hydrogen (secondary N) is 1. The largest absolute Gasteiger partial charge is 0.444 e.